The lowest BCUT2D eigenvalue weighted by Gasteiger charge is -2.27. The number of urea groups is 1. The molecule has 0 saturated carbocycles. The van der Waals surface area contributed by atoms with Crippen molar-refractivity contribution in [2.45, 2.75) is 45.4 Å². The molecule has 2 aliphatic rings. The second-order valence-electron chi connectivity index (χ2n) is 7.60. The van der Waals surface area contributed by atoms with Gasteiger partial charge in [-0.25, -0.2) is 9.59 Å². The molecule has 2 fully saturated rings. The highest BCUT2D eigenvalue weighted by Crippen LogP contribution is 2.39. The van der Waals surface area contributed by atoms with Crippen LogP contribution in [0.15, 0.2) is 0 Å². The highest BCUT2D eigenvalue weighted by molar-refractivity contribution is 5.74. The van der Waals surface area contributed by atoms with Crippen LogP contribution in [0.4, 0.5) is 22.8 Å². The highest BCUT2D eigenvalue weighted by Gasteiger charge is 2.47. The number of halogens is 3. The Labute approximate surface area is 139 Å². The summed E-state index contributed by atoms with van der Waals surface area (Å²) in [4.78, 5) is 27.0. The lowest BCUT2D eigenvalue weighted by Crippen LogP contribution is -2.44. The van der Waals surface area contributed by atoms with Gasteiger partial charge in [-0.05, 0) is 33.6 Å². The van der Waals surface area contributed by atoms with Gasteiger partial charge in [0.1, 0.15) is 12.1 Å². The highest BCUT2D eigenvalue weighted by atomic mass is 19.4. The number of hydrogen-bond acceptors (Lipinski definition) is 3. The number of hydrogen-bond donors (Lipinski definition) is 1. The van der Waals surface area contributed by atoms with Crippen molar-refractivity contribution in [2.75, 3.05) is 32.7 Å². The fourth-order valence-electron chi connectivity index (χ4n) is 3.15. The summed E-state index contributed by atoms with van der Waals surface area (Å²) in [6.45, 7) is 5.79. The van der Waals surface area contributed by atoms with Gasteiger partial charge in [-0.3, -0.25) is 0 Å². The summed E-state index contributed by atoms with van der Waals surface area (Å²) in [6, 6.07) is -0.708. The number of ether oxygens (including phenoxy) is 1. The molecule has 0 aromatic rings. The Kier molecular flexibility index (Phi) is 4.92. The zero-order valence-corrected chi connectivity index (χ0v) is 14.2. The maximum Gasteiger partial charge on any atom is 0.410 e. The van der Waals surface area contributed by atoms with Crippen molar-refractivity contribution in [3.8, 4) is 0 Å². The van der Waals surface area contributed by atoms with E-state index in [9.17, 15) is 22.8 Å². The van der Waals surface area contributed by atoms with Crippen LogP contribution in [0.5, 0.6) is 0 Å². The first-order chi connectivity index (χ1) is 10.9. The minimum absolute atomic E-state index is 0.244. The summed E-state index contributed by atoms with van der Waals surface area (Å²) >= 11 is 0. The third-order valence-electron chi connectivity index (χ3n) is 4.26. The third-order valence-corrected chi connectivity index (χ3v) is 4.26. The van der Waals surface area contributed by atoms with Crippen LogP contribution in [-0.4, -0.2) is 66.4 Å². The minimum Gasteiger partial charge on any atom is -0.444 e. The topological polar surface area (TPSA) is 61.9 Å². The Hall–Kier alpha value is -1.67. The van der Waals surface area contributed by atoms with Crippen molar-refractivity contribution in [3.63, 3.8) is 0 Å². The van der Waals surface area contributed by atoms with E-state index in [1.54, 1.807) is 25.7 Å². The average molecular weight is 351 g/mol. The maximum absolute atomic E-state index is 12.2. The second-order valence-corrected chi connectivity index (χ2v) is 7.60. The lowest BCUT2D eigenvalue weighted by molar-refractivity contribution is -0.123. The first-order valence-electron chi connectivity index (χ1n) is 7.97. The summed E-state index contributed by atoms with van der Waals surface area (Å²) < 4.78 is 41.9. The molecule has 0 radical (unpaired) electrons. The van der Waals surface area contributed by atoms with Gasteiger partial charge in [0.15, 0.2) is 0 Å². The van der Waals surface area contributed by atoms with Gasteiger partial charge in [0, 0.05) is 31.6 Å². The quantitative estimate of drug-likeness (QED) is 0.790. The number of nitrogens with one attached hydrogen (secondary N) is 1. The van der Waals surface area contributed by atoms with Crippen LogP contribution >= 0.6 is 0 Å². The third kappa shape index (κ3) is 4.91. The molecule has 2 rings (SSSR count). The molecule has 1 atom stereocenters. The Balaban J connectivity index is 1.86. The van der Waals surface area contributed by atoms with Crippen molar-refractivity contribution in [3.05, 3.63) is 0 Å². The normalized spacial score (nSPS) is 24.6. The number of alkyl halides is 3. The molecule has 138 valence electrons. The SMILES string of the molecule is CC(C)(C)OC(=O)N1CCC2(CCN(C(=O)NCC(F)(F)F)C2)C1. The van der Waals surface area contributed by atoms with Gasteiger partial charge in [-0.2, -0.15) is 13.2 Å². The van der Waals surface area contributed by atoms with Gasteiger partial charge in [-0.1, -0.05) is 0 Å². The predicted octanol–water partition coefficient (Wildman–Crippen LogP) is 2.59. The number of amides is 3. The molecule has 1 spiro atoms. The summed E-state index contributed by atoms with van der Waals surface area (Å²) in [5.74, 6) is 0. The van der Waals surface area contributed by atoms with Gasteiger partial charge in [0.25, 0.3) is 0 Å². The fourth-order valence-corrected chi connectivity index (χ4v) is 3.15. The van der Waals surface area contributed by atoms with Crippen molar-refractivity contribution in [2.24, 2.45) is 5.41 Å². The summed E-state index contributed by atoms with van der Waals surface area (Å²) in [7, 11) is 0. The first-order valence-corrected chi connectivity index (χ1v) is 7.97. The monoisotopic (exact) mass is 351 g/mol. The van der Waals surface area contributed by atoms with Crippen molar-refractivity contribution in [1.29, 1.82) is 0 Å². The molecule has 0 aromatic heterocycles. The molecule has 3 amide bonds. The Morgan fingerprint density at radius 3 is 2.17 bits per heavy atom. The lowest BCUT2D eigenvalue weighted by atomic mass is 9.86. The molecule has 1 unspecified atom stereocenters. The van der Waals surface area contributed by atoms with Crippen molar-refractivity contribution in [1.82, 2.24) is 15.1 Å². The summed E-state index contributed by atoms with van der Waals surface area (Å²) in [6.07, 6.45) is -3.42. The van der Waals surface area contributed by atoms with Gasteiger partial charge >= 0.3 is 18.3 Å². The molecule has 0 aliphatic carbocycles. The van der Waals surface area contributed by atoms with E-state index in [4.69, 9.17) is 4.74 Å². The maximum atomic E-state index is 12.2. The molecule has 2 heterocycles. The zero-order valence-electron chi connectivity index (χ0n) is 14.2. The zero-order chi connectivity index (χ0) is 18.2. The van der Waals surface area contributed by atoms with Gasteiger partial charge in [0.2, 0.25) is 0 Å². The summed E-state index contributed by atoms with van der Waals surface area (Å²) in [5, 5.41) is 1.89. The van der Waals surface area contributed by atoms with Crippen LogP contribution < -0.4 is 5.32 Å². The standard InChI is InChI=1S/C15H24F3N3O3/c1-13(2,3)24-12(23)21-7-5-14(10-21)4-6-20(9-14)11(22)19-8-15(16,17)18/h4-10H2,1-3H3,(H,19,22). The van der Waals surface area contributed by atoms with Crippen LogP contribution in [-0.2, 0) is 4.74 Å². The largest absolute Gasteiger partial charge is 0.444 e. The molecule has 2 aliphatic heterocycles. The molecule has 24 heavy (non-hydrogen) atoms. The number of carbonyl (C=O) groups is 2. The molecular formula is C15H24F3N3O3. The number of carbonyl (C=O) groups excluding carboxylic acids is 2. The predicted molar refractivity (Wildman–Crippen MR) is 80.5 cm³/mol. The Morgan fingerprint density at radius 1 is 1.08 bits per heavy atom. The first kappa shape index (κ1) is 18.7. The van der Waals surface area contributed by atoms with Gasteiger partial charge < -0.3 is 19.9 Å². The number of likely N-dealkylation sites (tertiary alicyclic amines) is 2. The van der Waals surface area contributed by atoms with E-state index in [-0.39, 0.29) is 11.5 Å². The number of rotatable bonds is 1. The molecular weight excluding hydrogens is 327 g/mol. The minimum atomic E-state index is -4.42. The van der Waals surface area contributed by atoms with Crippen LogP contribution in [0.1, 0.15) is 33.6 Å². The van der Waals surface area contributed by atoms with Crippen LogP contribution in [0, 0.1) is 5.41 Å². The van der Waals surface area contributed by atoms with Crippen LogP contribution in [0.3, 0.4) is 0 Å². The Morgan fingerprint density at radius 2 is 1.62 bits per heavy atom. The molecule has 6 nitrogen and oxygen atoms in total. The van der Waals surface area contributed by atoms with Gasteiger partial charge in [0.05, 0.1) is 0 Å². The molecule has 9 heteroatoms. The van der Waals surface area contributed by atoms with Crippen LogP contribution in [0.2, 0.25) is 0 Å². The van der Waals surface area contributed by atoms with E-state index in [0.29, 0.717) is 32.6 Å². The van der Waals surface area contributed by atoms with Crippen molar-refractivity contribution >= 4 is 12.1 Å². The molecule has 0 bridgehead atoms. The van der Waals surface area contributed by atoms with E-state index in [2.05, 4.69) is 0 Å². The van der Waals surface area contributed by atoms with Crippen LogP contribution in [0.25, 0.3) is 0 Å². The Bertz CT molecular complexity index is 504. The smallest absolute Gasteiger partial charge is 0.410 e. The van der Waals surface area contributed by atoms with E-state index < -0.39 is 24.4 Å². The average Bonchev–Trinajstić information content (AvgIpc) is 3.01. The molecule has 2 saturated heterocycles. The fraction of sp³-hybridized carbons (Fsp3) is 0.867. The van der Waals surface area contributed by atoms with Gasteiger partial charge in [-0.15, -0.1) is 0 Å². The van der Waals surface area contributed by atoms with Crippen molar-refractivity contribution < 1.29 is 27.5 Å². The summed E-state index contributed by atoms with van der Waals surface area (Å²) in [5.41, 5.74) is -0.821. The van der Waals surface area contributed by atoms with E-state index in [1.165, 1.54) is 4.90 Å². The van der Waals surface area contributed by atoms with E-state index in [0.717, 1.165) is 6.42 Å². The number of nitrogens with zero attached hydrogens (tertiary/aromatic N) is 2. The second kappa shape index (κ2) is 6.33. The van der Waals surface area contributed by atoms with E-state index in [1.807, 2.05) is 5.32 Å². The van der Waals surface area contributed by atoms with E-state index >= 15 is 0 Å². The molecule has 0 aromatic carbocycles. The molecule has 1 N–H and O–H groups in total.